The summed E-state index contributed by atoms with van der Waals surface area (Å²) in [4.78, 5) is 0. The van der Waals surface area contributed by atoms with Gasteiger partial charge in [0, 0.05) is 12.7 Å². The van der Waals surface area contributed by atoms with E-state index in [1.165, 1.54) is 16.8 Å². The molecule has 3 nitrogen and oxygen atoms in total. The molecule has 0 saturated carbocycles. The molecule has 0 amide bonds. The van der Waals surface area contributed by atoms with Gasteiger partial charge in [-0.25, -0.2) is 0 Å². The lowest BCUT2D eigenvalue weighted by atomic mass is 9.94. The van der Waals surface area contributed by atoms with Crippen molar-refractivity contribution >= 4 is 0 Å². The van der Waals surface area contributed by atoms with Crippen molar-refractivity contribution in [2.24, 2.45) is 18.7 Å². The molecule has 2 rings (SSSR count). The molecule has 0 aliphatic carbocycles. The van der Waals surface area contributed by atoms with Crippen LogP contribution in [0.2, 0.25) is 0 Å². The molecule has 0 radical (unpaired) electrons. The zero-order valence-corrected chi connectivity index (χ0v) is 12.8. The predicted octanol–water partition coefficient (Wildman–Crippen LogP) is 2.65. The van der Waals surface area contributed by atoms with E-state index in [1.54, 1.807) is 0 Å². The Morgan fingerprint density at radius 3 is 2.45 bits per heavy atom. The standard InChI is InChI=1S/C17H25N3/c1-4-16-11-17(20(3)19-16)10-15(12-18)9-14-7-5-13(2)6-8-14/h5-8,11,15H,4,9-10,12,18H2,1-3H3. The van der Waals surface area contributed by atoms with E-state index in [-0.39, 0.29) is 0 Å². The van der Waals surface area contributed by atoms with Crippen LogP contribution in [0.1, 0.15) is 29.4 Å². The second kappa shape index (κ2) is 6.71. The first kappa shape index (κ1) is 14.8. The van der Waals surface area contributed by atoms with E-state index < -0.39 is 0 Å². The number of nitrogens with zero attached hydrogens (tertiary/aromatic N) is 2. The zero-order valence-electron chi connectivity index (χ0n) is 12.8. The van der Waals surface area contributed by atoms with Crippen LogP contribution >= 0.6 is 0 Å². The molecule has 0 bridgehead atoms. The molecule has 3 heteroatoms. The van der Waals surface area contributed by atoms with Crippen molar-refractivity contribution in [3.05, 3.63) is 52.8 Å². The van der Waals surface area contributed by atoms with Crippen LogP contribution in [0.15, 0.2) is 30.3 Å². The Morgan fingerprint density at radius 2 is 1.90 bits per heavy atom. The van der Waals surface area contributed by atoms with Crippen LogP contribution in [0.3, 0.4) is 0 Å². The molecule has 0 spiro atoms. The lowest BCUT2D eigenvalue weighted by molar-refractivity contribution is 0.510. The first-order valence-electron chi connectivity index (χ1n) is 7.39. The fourth-order valence-corrected chi connectivity index (χ4v) is 2.53. The largest absolute Gasteiger partial charge is 0.330 e. The molecular weight excluding hydrogens is 246 g/mol. The maximum atomic E-state index is 5.96. The summed E-state index contributed by atoms with van der Waals surface area (Å²) in [6.07, 6.45) is 3.01. The van der Waals surface area contributed by atoms with Gasteiger partial charge in [0.1, 0.15) is 0 Å². The Labute approximate surface area is 121 Å². The number of aromatic nitrogens is 2. The molecule has 2 aromatic rings. The summed E-state index contributed by atoms with van der Waals surface area (Å²) < 4.78 is 2.00. The minimum atomic E-state index is 0.470. The van der Waals surface area contributed by atoms with Gasteiger partial charge < -0.3 is 5.73 Å². The van der Waals surface area contributed by atoms with Crippen molar-refractivity contribution in [2.75, 3.05) is 6.54 Å². The number of hydrogen-bond donors (Lipinski definition) is 1. The Hall–Kier alpha value is -1.61. The van der Waals surface area contributed by atoms with Crippen molar-refractivity contribution in [3.8, 4) is 0 Å². The summed E-state index contributed by atoms with van der Waals surface area (Å²) in [5.41, 5.74) is 11.1. The molecule has 0 aliphatic rings. The minimum Gasteiger partial charge on any atom is -0.330 e. The quantitative estimate of drug-likeness (QED) is 0.878. The van der Waals surface area contributed by atoms with Crippen LogP contribution in [0.5, 0.6) is 0 Å². The first-order valence-corrected chi connectivity index (χ1v) is 7.39. The smallest absolute Gasteiger partial charge is 0.0624 e. The molecular formula is C17H25N3. The third-order valence-electron chi connectivity index (χ3n) is 3.87. The highest BCUT2D eigenvalue weighted by molar-refractivity contribution is 5.22. The maximum Gasteiger partial charge on any atom is 0.0624 e. The maximum absolute atomic E-state index is 5.96. The van der Waals surface area contributed by atoms with Gasteiger partial charge in [0.15, 0.2) is 0 Å². The molecule has 1 heterocycles. The summed E-state index contributed by atoms with van der Waals surface area (Å²) >= 11 is 0. The van der Waals surface area contributed by atoms with Gasteiger partial charge in [0.25, 0.3) is 0 Å². The average molecular weight is 271 g/mol. The van der Waals surface area contributed by atoms with Gasteiger partial charge in [0.05, 0.1) is 5.69 Å². The normalized spacial score (nSPS) is 12.6. The van der Waals surface area contributed by atoms with Crippen molar-refractivity contribution < 1.29 is 0 Å². The van der Waals surface area contributed by atoms with E-state index in [1.807, 2.05) is 11.7 Å². The topological polar surface area (TPSA) is 43.8 Å². The minimum absolute atomic E-state index is 0.470. The van der Waals surface area contributed by atoms with Crippen LogP contribution in [0.4, 0.5) is 0 Å². The number of benzene rings is 1. The van der Waals surface area contributed by atoms with Gasteiger partial charge in [-0.2, -0.15) is 5.10 Å². The number of rotatable bonds is 6. The van der Waals surface area contributed by atoms with E-state index in [0.717, 1.165) is 25.0 Å². The van der Waals surface area contributed by atoms with Gasteiger partial charge in [-0.15, -0.1) is 0 Å². The number of nitrogens with two attached hydrogens (primary N) is 1. The van der Waals surface area contributed by atoms with Crippen LogP contribution in [-0.4, -0.2) is 16.3 Å². The van der Waals surface area contributed by atoms with Gasteiger partial charge in [-0.1, -0.05) is 36.8 Å². The molecule has 0 aliphatic heterocycles. The van der Waals surface area contributed by atoms with Gasteiger partial charge in [-0.3, -0.25) is 4.68 Å². The summed E-state index contributed by atoms with van der Waals surface area (Å²) in [7, 11) is 2.02. The van der Waals surface area contributed by atoms with E-state index in [2.05, 4.69) is 49.3 Å². The van der Waals surface area contributed by atoms with E-state index >= 15 is 0 Å². The Morgan fingerprint density at radius 1 is 1.20 bits per heavy atom. The van der Waals surface area contributed by atoms with Crippen molar-refractivity contribution in [2.45, 2.75) is 33.1 Å². The van der Waals surface area contributed by atoms with Crippen LogP contribution in [0.25, 0.3) is 0 Å². The molecule has 1 atom stereocenters. The Bertz CT molecular complexity index is 540. The summed E-state index contributed by atoms with van der Waals surface area (Å²) in [6, 6.07) is 11.0. The van der Waals surface area contributed by atoms with Crippen LogP contribution in [-0.2, 0) is 26.3 Å². The van der Waals surface area contributed by atoms with Crippen molar-refractivity contribution in [1.29, 1.82) is 0 Å². The lowest BCUT2D eigenvalue weighted by Crippen LogP contribution is -2.20. The Balaban J connectivity index is 2.04. The SMILES string of the molecule is CCc1cc(CC(CN)Cc2ccc(C)cc2)n(C)n1. The summed E-state index contributed by atoms with van der Waals surface area (Å²) in [6.45, 7) is 4.96. The molecule has 1 aromatic carbocycles. The van der Waals surface area contributed by atoms with Crippen molar-refractivity contribution in [1.82, 2.24) is 9.78 Å². The fourth-order valence-electron chi connectivity index (χ4n) is 2.53. The van der Waals surface area contributed by atoms with Gasteiger partial charge in [0.2, 0.25) is 0 Å². The zero-order chi connectivity index (χ0) is 14.5. The molecule has 20 heavy (non-hydrogen) atoms. The molecule has 1 aromatic heterocycles. The number of aryl methyl sites for hydroxylation is 3. The van der Waals surface area contributed by atoms with Crippen molar-refractivity contribution in [3.63, 3.8) is 0 Å². The number of hydrogen-bond acceptors (Lipinski definition) is 2. The predicted molar refractivity (Wildman–Crippen MR) is 83.7 cm³/mol. The molecule has 1 unspecified atom stereocenters. The van der Waals surface area contributed by atoms with Gasteiger partial charge >= 0.3 is 0 Å². The van der Waals surface area contributed by atoms with Crippen LogP contribution in [0, 0.1) is 12.8 Å². The van der Waals surface area contributed by atoms with E-state index in [9.17, 15) is 0 Å². The summed E-state index contributed by atoms with van der Waals surface area (Å²) in [5.74, 6) is 0.470. The Kier molecular flexibility index (Phi) is 4.96. The molecule has 0 fully saturated rings. The second-order valence-electron chi connectivity index (χ2n) is 5.60. The van der Waals surface area contributed by atoms with E-state index in [0.29, 0.717) is 12.5 Å². The molecule has 108 valence electrons. The highest BCUT2D eigenvalue weighted by atomic mass is 15.3. The average Bonchev–Trinajstić information content (AvgIpc) is 2.81. The second-order valence-corrected chi connectivity index (χ2v) is 5.60. The summed E-state index contributed by atoms with van der Waals surface area (Å²) in [5, 5.41) is 4.51. The van der Waals surface area contributed by atoms with Gasteiger partial charge in [-0.05, 0) is 50.3 Å². The fraction of sp³-hybridized carbons (Fsp3) is 0.471. The molecule has 0 saturated heterocycles. The molecule has 2 N–H and O–H groups in total. The third kappa shape index (κ3) is 3.70. The highest BCUT2D eigenvalue weighted by Crippen LogP contribution is 2.15. The third-order valence-corrected chi connectivity index (χ3v) is 3.87. The lowest BCUT2D eigenvalue weighted by Gasteiger charge is -2.15. The monoisotopic (exact) mass is 271 g/mol. The highest BCUT2D eigenvalue weighted by Gasteiger charge is 2.12. The van der Waals surface area contributed by atoms with Crippen LogP contribution < -0.4 is 5.73 Å². The van der Waals surface area contributed by atoms with E-state index in [4.69, 9.17) is 5.73 Å². The first-order chi connectivity index (χ1) is 9.62.